The van der Waals surface area contributed by atoms with Crippen LogP contribution in [-0.4, -0.2) is 24.4 Å². The van der Waals surface area contributed by atoms with E-state index in [9.17, 15) is 5.11 Å². The van der Waals surface area contributed by atoms with Gasteiger partial charge in [-0.05, 0) is 43.4 Å². The van der Waals surface area contributed by atoms with E-state index in [1.54, 1.807) is 7.11 Å². The molecule has 0 heterocycles. The quantitative estimate of drug-likeness (QED) is 0.858. The van der Waals surface area contributed by atoms with Crippen molar-refractivity contribution in [3.63, 3.8) is 0 Å². The standard InChI is InChI=1S/C16H25NO2/c1-12-8-14(9-13(2)15(12)19-3)10-17-16(11-18)6-4-5-7-16/h8-9,17-18H,4-7,10-11H2,1-3H3. The van der Waals surface area contributed by atoms with Gasteiger partial charge in [0.2, 0.25) is 0 Å². The van der Waals surface area contributed by atoms with E-state index in [0.29, 0.717) is 0 Å². The molecule has 0 saturated heterocycles. The second-order valence-electron chi connectivity index (χ2n) is 5.76. The number of benzene rings is 1. The zero-order valence-corrected chi connectivity index (χ0v) is 12.3. The third-order valence-corrected chi connectivity index (χ3v) is 4.26. The summed E-state index contributed by atoms with van der Waals surface area (Å²) in [5.41, 5.74) is 3.55. The van der Waals surface area contributed by atoms with Crippen molar-refractivity contribution in [2.45, 2.75) is 51.6 Å². The van der Waals surface area contributed by atoms with Crippen LogP contribution in [0, 0.1) is 13.8 Å². The summed E-state index contributed by atoms with van der Waals surface area (Å²) in [7, 11) is 1.71. The first-order chi connectivity index (χ1) is 9.10. The van der Waals surface area contributed by atoms with E-state index < -0.39 is 0 Å². The summed E-state index contributed by atoms with van der Waals surface area (Å²) < 4.78 is 5.39. The summed E-state index contributed by atoms with van der Waals surface area (Å²) in [5.74, 6) is 0.974. The molecular formula is C16H25NO2. The molecule has 1 saturated carbocycles. The lowest BCUT2D eigenvalue weighted by Gasteiger charge is -2.28. The Bertz CT molecular complexity index is 413. The van der Waals surface area contributed by atoms with Crippen molar-refractivity contribution in [1.82, 2.24) is 5.32 Å². The van der Waals surface area contributed by atoms with Crippen LogP contribution in [0.4, 0.5) is 0 Å². The normalized spacial score (nSPS) is 17.7. The van der Waals surface area contributed by atoms with Gasteiger partial charge in [-0.3, -0.25) is 0 Å². The predicted molar refractivity (Wildman–Crippen MR) is 77.6 cm³/mol. The summed E-state index contributed by atoms with van der Waals surface area (Å²) in [5, 5.41) is 13.2. The molecule has 1 aliphatic rings. The van der Waals surface area contributed by atoms with E-state index >= 15 is 0 Å². The molecule has 0 aliphatic heterocycles. The van der Waals surface area contributed by atoms with Gasteiger partial charge >= 0.3 is 0 Å². The minimum Gasteiger partial charge on any atom is -0.496 e. The van der Waals surface area contributed by atoms with E-state index in [-0.39, 0.29) is 12.1 Å². The second kappa shape index (κ2) is 5.93. The molecule has 1 aliphatic carbocycles. The number of nitrogens with one attached hydrogen (secondary N) is 1. The van der Waals surface area contributed by atoms with E-state index in [2.05, 4.69) is 31.3 Å². The molecular weight excluding hydrogens is 238 g/mol. The number of methoxy groups -OCH3 is 1. The van der Waals surface area contributed by atoms with Crippen molar-refractivity contribution in [2.24, 2.45) is 0 Å². The van der Waals surface area contributed by atoms with Gasteiger partial charge in [0.05, 0.1) is 13.7 Å². The van der Waals surface area contributed by atoms with Crippen molar-refractivity contribution < 1.29 is 9.84 Å². The molecule has 0 spiro atoms. The molecule has 1 fully saturated rings. The molecule has 0 amide bonds. The monoisotopic (exact) mass is 263 g/mol. The highest BCUT2D eigenvalue weighted by molar-refractivity contribution is 5.43. The van der Waals surface area contributed by atoms with Crippen LogP contribution in [0.3, 0.4) is 0 Å². The van der Waals surface area contributed by atoms with Crippen LogP contribution in [0.2, 0.25) is 0 Å². The van der Waals surface area contributed by atoms with Crippen LogP contribution in [-0.2, 0) is 6.54 Å². The number of aliphatic hydroxyl groups excluding tert-OH is 1. The first-order valence-electron chi connectivity index (χ1n) is 7.10. The van der Waals surface area contributed by atoms with Gasteiger partial charge in [0.15, 0.2) is 0 Å². The van der Waals surface area contributed by atoms with Crippen molar-refractivity contribution in [2.75, 3.05) is 13.7 Å². The van der Waals surface area contributed by atoms with Crippen LogP contribution in [0.25, 0.3) is 0 Å². The number of ether oxygens (including phenoxy) is 1. The van der Waals surface area contributed by atoms with Gasteiger partial charge in [0, 0.05) is 12.1 Å². The Labute approximate surface area is 116 Å². The number of aliphatic hydroxyl groups is 1. The van der Waals surface area contributed by atoms with Crippen molar-refractivity contribution in [1.29, 1.82) is 0 Å². The Hall–Kier alpha value is -1.06. The lowest BCUT2D eigenvalue weighted by atomic mass is 9.98. The lowest BCUT2D eigenvalue weighted by molar-refractivity contribution is 0.163. The summed E-state index contributed by atoms with van der Waals surface area (Å²) in [4.78, 5) is 0. The average molecular weight is 263 g/mol. The van der Waals surface area contributed by atoms with Crippen LogP contribution < -0.4 is 10.1 Å². The third-order valence-electron chi connectivity index (χ3n) is 4.26. The molecule has 1 aromatic rings. The minimum atomic E-state index is -0.0538. The SMILES string of the molecule is COc1c(C)cc(CNC2(CO)CCCC2)cc1C. The highest BCUT2D eigenvalue weighted by Crippen LogP contribution is 2.30. The first-order valence-corrected chi connectivity index (χ1v) is 7.10. The van der Waals surface area contributed by atoms with Gasteiger partial charge in [0.25, 0.3) is 0 Å². The number of aryl methyl sites for hydroxylation is 2. The molecule has 19 heavy (non-hydrogen) atoms. The summed E-state index contributed by atoms with van der Waals surface area (Å²) in [6.07, 6.45) is 4.59. The van der Waals surface area contributed by atoms with Gasteiger partial charge < -0.3 is 15.2 Å². The van der Waals surface area contributed by atoms with E-state index in [1.165, 1.54) is 29.5 Å². The van der Waals surface area contributed by atoms with Gasteiger partial charge in [-0.1, -0.05) is 25.0 Å². The van der Waals surface area contributed by atoms with Gasteiger partial charge in [-0.25, -0.2) is 0 Å². The summed E-state index contributed by atoms with van der Waals surface area (Å²) in [6.45, 7) is 5.20. The van der Waals surface area contributed by atoms with Gasteiger partial charge in [-0.2, -0.15) is 0 Å². The highest BCUT2D eigenvalue weighted by Gasteiger charge is 2.32. The molecule has 2 rings (SSSR count). The molecule has 0 bridgehead atoms. The maximum Gasteiger partial charge on any atom is 0.124 e. The van der Waals surface area contributed by atoms with Crippen LogP contribution >= 0.6 is 0 Å². The maximum absolute atomic E-state index is 9.60. The Balaban J connectivity index is 2.07. The molecule has 0 unspecified atom stereocenters. The fraction of sp³-hybridized carbons (Fsp3) is 0.625. The lowest BCUT2D eigenvalue weighted by Crippen LogP contribution is -2.45. The molecule has 106 valence electrons. The summed E-state index contributed by atoms with van der Waals surface area (Å²) in [6, 6.07) is 4.33. The van der Waals surface area contributed by atoms with Crippen LogP contribution in [0.5, 0.6) is 5.75 Å². The molecule has 0 radical (unpaired) electrons. The Morgan fingerprint density at radius 1 is 1.21 bits per heavy atom. The Morgan fingerprint density at radius 2 is 1.79 bits per heavy atom. The molecule has 0 atom stereocenters. The van der Waals surface area contributed by atoms with Gasteiger partial charge in [-0.15, -0.1) is 0 Å². The van der Waals surface area contributed by atoms with E-state index in [0.717, 1.165) is 25.1 Å². The average Bonchev–Trinajstić information content (AvgIpc) is 2.86. The van der Waals surface area contributed by atoms with Gasteiger partial charge in [0.1, 0.15) is 5.75 Å². The smallest absolute Gasteiger partial charge is 0.124 e. The van der Waals surface area contributed by atoms with Crippen LogP contribution in [0.15, 0.2) is 12.1 Å². The zero-order valence-electron chi connectivity index (χ0n) is 12.3. The second-order valence-corrected chi connectivity index (χ2v) is 5.76. The Kier molecular flexibility index (Phi) is 4.48. The predicted octanol–water partition coefficient (Wildman–Crippen LogP) is 2.71. The van der Waals surface area contributed by atoms with E-state index in [1.807, 2.05) is 0 Å². The first kappa shape index (κ1) is 14.4. The largest absolute Gasteiger partial charge is 0.496 e. The maximum atomic E-state index is 9.60. The van der Waals surface area contributed by atoms with Crippen molar-refractivity contribution in [3.8, 4) is 5.75 Å². The fourth-order valence-electron chi connectivity index (χ4n) is 3.20. The van der Waals surface area contributed by atoms with Crippen LogP contribution in [0.1, 0.15) is 42.4 Å². The zero-order chi connectivity index (χ0) is 13.9. The molecule has 1 aromatic carbocycles. The molecule has 0 aromatic heterocycles. The fourth-order valence-corrected chi connectivity index (χ4v) is 3.20. The topological polar surface area (TPSA) is 41.5 Å². The molecule has 2 N–H and O–H groups in total. The Morgan fingerprint density at radius 3 is 2.26 bits per heavy atom. The number of hydrogen-bond donors (Lipinski definition) is 2. The third kappa shape index (κ3) is 3.10. The van der Waals surface area contributed by atoms with Crippen molar-refractivity contribution >= 4 is 0 Å². The highest BCUT2D eigenvalue weighted by atomic mass is 16.5. The van der Waals surface area contributed by atoms with Crippen molar-refractivity contribution in [3.05, 3.63) is 28.8 Å². The summed E-state index contributed by atoms with van der Waals surface area (Å²) >= 11 is 0. The minimum absolute atomic E-state index is 0.0538. The molecule has 3 heteroatoms. The number of rotatable bonds is 5. The van der Waals surface area contributed by atoms with E-state index in [4.69, 9.17) is 4.74 Å². The molecule has 3 nitrogen and oxygen atoms in total. The number of hydrogen-bond acceptors (Lipinski definition) is 3.